The molecular weight excluding hydrogens is 247 g/mol. The van der Waals surface area contributed by atoms with Gasteiger partial charge in [0.2, 0.25) is 0 Å². The number of amides is 1. The second kappa shape index (κ2) is 5.75. The molecule has 4 nitrogen and oxygen atoms in total. The second-order valence-electron chi connectivity index (χ2n) is 6.38. The molecule has 0 N–H and O–H groups in total. The Morgan fingerprint density at radius 3 is 2.68 bits per heavy atom. The van der Waals surface area contributed by atoms with E-state index in [0.717, 1.165) is 19.0 Å². The zero-order valence-corrected chi connectivity index (χ0v) is 12.2. The average molecular weight is 272 g/mol. The third-order valence-corrected chi connectivity index (χ3v) is 3.72. The molecule has 1 heterocycles. The minimum Gasteiger partial charge on any atom is -0.373 e. The molecular formula is C14H25FN2O2. The van der Waals surface area contributed by atoms with Crippen molar-refractivity contribution < 1.29 is 13.9 Å². The summed E-state index contributed by atoms with van der Waals surface area (Å²) >= 11 is 0. The van der Waals surface area contributed by atoms with Crippen molar-refractivity contribution in [3.63, 3.8) is 0 Å². The molecule has 19 heavy (non-hydrogen) atoms. The lowest BCUT2D eigenvalue weighted by Crippen LogP contribution is -2.53. The minimum absolute atomic E-state index is 0.00352. The molecule has 0 spiro atoms. The lowest BCUT2D eigenvalue weighted by Gasteiger charge is -2.36. The Morgan fingerprint density at radius 2 is 2.11 bits per heavy atom. The highest BCUT2D eigenvalue weighted by Crippen LogP contribution is 2.29. The number of halogens is 1. The van der Waals surface area contributed by atoms with Gasteiger partial charge >= 0.3 is 0 Å². The maximum atomic E-state index is 13.7. The molecule has 0 aromatic carbocycles. The van der Waals surface area contributed by atoms with Crippen LogP contribution in [0.4, 0.5) is 4.39 Å². The van der Waals surface area contributed by atoms with Crippen molar-refractivity contribution >= 4 is 5.91 Å². The van der Waals surface area contributed by atoms with Crippen molar-refractivity contribution in [2.75, 3.05) is 39.8 Å². The molecule has 1 amide bonds. The predicted octanol–water partition coefficient (Wildman–Crippen LogP) is 1.30. The van der Waals surface area contributed by atoms with E-state index in [1.54, 1.807) is 4.90 Å². The summed E-state index contributed by atoms with van der Waals surface area (Å²) in [6, 6.07) is 0. The predicted molar refractivity (Wildman–Crippen MR) is 71.7 cm³/mol. The van der Waals surface area contributed by atoms with Crippen LogP contribution >= 0.6 is 0 Å². The van der Waals surface area contributed by atoms with E-state index in [2.05, 4.69) is 11.9 Å². The minimum atomic E-state index is -1.79. The normalized spacial score (nSPS) is 24.9. The first-order valence-electron chi connectivity index (χ1n) is 7.14. The summed E-state index contributed by atoms with van der Waals surface area (Å²) in [4.78, 5) is 15.8. The van der Waals surface area contributed by atoms with Gasteiger partial charge in [0, 0.05) is 26.2 Å². The summed E-state index contributed by atoms with van der Waals surface area (Å²) in [7, 11) is 2.08. The van der Waals surface area contributed by atoms with Gasteiger partial charge in [0.1, 0.15) is 0 Å². The molecule has 5 heteroatoms. The van der Waals surface area contributed by atoms with Gasteiger partial charge < -0.3 is 14.5 Å². The van der Waals surface area contributed by atoms with Crippen molar-refractivity contribution in [3.05, 3.63) is 0 Å². The first kappa shape index (κ1) is 14.7. The Hall–Kier alpha value is -0.680. The van der Waals surface area contributed by atoms with Crippen molar-refractivity contribution in [2.24, 2.45) is 5.92 Å². The van der Waals surface area contributed by atoms with Gasteiger partial charge in [-0.3, -0.25) is 4.79 Å². The van der Waals surface area contributed by atoms with E-state index in [-0.39, 0.29) is 6.10 Å². The summed E-state index contributed by atoms with van der Waals surface area (Å²) < 4.78 is 19.4. The molecule has 0 bridgehead atoms. The van der Waals surface area contributed by atoms with Gasteiger partial charge in [-0.1, -0.05) is 0 Å². The van der Waals surface area contributed by atoms with Crippen molar-refractivity contribution in [1.82, 2.24) is 9.80 Å². The van der Waals surface area contributed by atoms with Crippen LogP contribution in [0.3, 0.4) is 0 Å². The third-order valence-electron chi connectivity index (χ3n) is 3.72. The number of morpholine rings is 1. The number of carbonyl (C=O) groups is 1. The van der Waals surface area contributed by atoms with Gasteiger partial charge in [0.25, 0.3) is 5.91 Å². The van der Waals surface area contributed by atoms with Crippen LogP contribution < -0.4 is 0 Å². The van der Waals surface area contributed by atoms with Crippen LogP contribution in [0.25, 0.3) is 0 Å². The van der Waals surface area contributed by atoms with Crippen LogP contribution in [0, 0.1) is 5.92 Å². The number of ether oxygens (including phenoxy) is 1. The van der Waals surface area contributed by atoms with Gasteiger partial charge in [-0.2, -0.15) is 0 Å². The zero-order valence-electron chi connectivity index (χ0n) is 12.2. The zero-order chi connectivity index (χ0) is 14.0. The first-order valence-corrected chi connectivity index (χ1v) is 7.14. The number of hydrogen-bond donors (Lipinski definition) is 0. The third kappa shape index (κ3) is 4.42. The average Bonchev–Trinajstić information content (AvgIpc) is 3.10. The summed E-state index contributed by atoms with van der Waals surface area (Å²) in [5, 5.41) is 0. The maximum absolute atomic E-state index is 13.7. The van der Waals surface area contributed by atoms with E-state index < -0.39 is 11.6 Å². The number of rotatable bonds is 5. The summed E-state index contributed by atoms with van der Waals surface area (Å²) in [5.41, 5.74) is -1.79. The van der Waals surface area contributed by atoms with Crippen LogP contribution in [0.2, 0.25) is 0 Å². The van der Waals surface area contributed by atoms with E-state index in [1.165, 1.54) is 26.7 Å². The highest BCUT2D eigenvalue weighted by Gasteiger charge is 2.35. The fourth-order valence-corrected chi connectivity index (χ4v) is 2.55. The van der Waals surface area contributed by atoms with Gasteiger partial charge in [-0.05, 0) is 39.7 Å². The van der Waals surface area contributed by atoms with Gasteiger partial charge in [-0.15, -0.1) is 0 Å². The van der Waals surface area contributed by atoms with E-state index in [9.17, 15) is 9.18 Å². The molecule has 1 aliphatic carbocycles. The van der Waals surface area contributed by atoms with Crippen LogP contribution in [0.5, 0.6) is 0 Å². The van der Waals surface area contributed by atoms with Crippen molar-refractivity contribution in [2.45, 2.75) is 38.5 Å². The number of alkyl halides is 1. The Morgan fingerprint density at radius 1 is 1.42 bits per heavy atom. The molecule has 2 aliphatic rings. The second-order valence-corrected chi connectivity index (χ2v) is 6.38. The van der Waals surface area contributed by atoms with Crippen LogP contribution in [-0.4, -0.2) is 67.3 Å². The van der Waals surface area contributed by atoms with E-state index >= 15 is 0 Å². The molecule has 0 unspecified atom stereocenters. The molecule has 0 aromatic heterocycles. The molecule has 2 rings (SSSR count). The number of hydrogen-bond acceptors (Lipinski definition) is 3. The maximum Gasteiger partial charge on any atom is 0.259 e. The molecule has 1 saturated carbocycles. The standard InChI is InChI=1S/C14H25FN2O2/c1-14(2,15)13(18)17-6-7-19-12(10-17)9-16(3)8-11-4-5-11/h11-12H,4-10H2,1-3H3/t12-/m1/s1. The topological polar surface area (TPSA) is 32.8 Å². The van der Waals surface area contributed by atoms with E-state index in [0.29, 0.717) is 19.7 Å². The molecule has 110 valence electrons. The first-order chi connectivity index (χ1) is 8.86. The Balaban J connectivity index is 1.80. The van der Waals surface area contributed by atoms with Crippen LogP contribution in [-0.2, 0) is 9.53 Å². The smallest absolute Gasteiger partial charge is 0.259 e. The number of carbonyl (C=O) groups excluding carboxylic acids is 1. The quantitative estimate of drug-likeness (QED) is 0.756. The molecule has 1 aliphatic heterocycles. The van der Waals surface area contributed by atoms with Crippen molar-refractivity contribution in [1.29, 1.82) is 0 Å². The highest BCUT2D eigenvalue weighted by atomic mass is 19.1. The molecule has 1 atom stereocenters. The summed E-state index contributed by atoms with van der Waals surface area (Å²) in [6.07, 6.45) is 2.66. The number of nitrogens with zero attached hydrogens (tertiary/aromatic N) is 2. The van der Waals surface area contributed by atoms with Crippen LogP contribution in [0.1, 0.15) is 26.7 Å². The van der Waals surface area contributed by atoms with Gasteiger partial charge in [-0.25, -0.2) is 4.39 Å². The number of likely N-dealkylation sites (N-methyl/N-ethyl adjacent to an activating group) is 1. The lowest BCUT2D eigenvalue weighted by molar-refractivity contribution is -0.149. The Kier molecular flexibility index (Phi) is 4.46. The molecule has 2 fully saturated rings. The molecule has 0 aromatic rings. The van der Waals surface area contributed by atoms with E-state index in [1.807, 2.05) is 0 Å². The molecule has 1 saturated heterocycles. The fraction of sp³-hybridized carbons (Fsp3) is 0.929. The Bertz CT molecular complexity index is 326. The highest BCUT2D eigenvalue weighted by molar-refractivity contribution is 5.84. The SMILES string of the molecule is CN(CC1CC1)C[C@@H]1CN(C(=O)C(C)(C)F)CCO1. The molecule has 0 radical (unpaired) electrons. The monoisotopic (exact) mass is 272 g/mol. The fourth-order valence-electron chi connectivity index (χ4n) is 2.55. The summed E-state index contributed by atoms with van der Waals surface area (Å²) in [5.74, 6) is 0.418. The summed E-state index contributed by atoms with van der Waals surface area (Å²) in [6.45, 7) is 6.05. The van der Waals surface area contributed by atoms with Crippen LogP contribution in [0.15, 0.2) is 0 Å². The lowest BCUT2D eigenvalue weighted by atomic mass is 10.1. The largest absolute Gasteiger partial charge is 0.373 e. The van der Waals surface area contributed by atoms with Gasteiger partial charge in [0.15, 0.2) is 5.67 Å². The van der Waals surface area contributed by atoms with E-state index in [4.69, 9.17) is 4.74 Å². The Labute approximate surface area is 114 Å². The van der Waals surface area contributed by atoms with Crippen molar-refractivity contribution in [3.8, 4) is 0 Å². The van der Waals surface area contributed by atoms with Gasteiger partial charge in [0.05, 0.1) is 12.7 Å².